The average molecular weight is 555 g/mol. The molecule has 0 saturated carbocycles. The summed E-state index contributed by atoms with van der Waals surface area (Å²) in [6.07, 6.45) is 5.08. The molecular weight excluding hydrogens is 527 g/mol. The van der Waals surface area contributed by atoms with Gasteiger partial charge >= 0.3 is 0 Å². The molecule has 8 nitrogen and oxygen atoms in total. The summed E-state index contributed by atoms with van der Waals surface area (Å²) in [6, 6.07) is 14.1. The van der Waals surface area contributed by atoms with E-state index in [1.54, 1.807) is 0 Å². The zero-order valence-corrected chi connectivity index (χ0v) is 22.8. The third kappa shape index (κ3) is 5.11. The summed E-state index contributed by atoms with van der Waals surface area (Å²) >= 11 is 1.23. The van der Waals surface area contributed by atoms with Gasteiger partial charge in [0.15, 0.2) is 5.01 Å². The number of pyridine rings is 1. The number of benzene rings is 2. The number of nitrogens with one attached hydrogen (secondary N) is 2. The van der Waals surface area contributed by atoms with Crippen LogP contribution in [-0.2, 0) is 0 Å². The highest BCUT2D eigenvalue weighted by Gasteiger charge is 2.26. The van der Waals surface area contributed by atoms with Crippen molar-refractivity contribution < 1.29 is 14.3 Å². The number of aromatic hydroxyl groups is 1. The Morgan fingerprint density at radius 3 is 2.77 bits per heavy atom. The van der Waals surface area contributed by atoms with Crippen molar-refractivity contribution in [1.29, 1.82) is 0 Å². The Labute approximate surface area is 234 Å². The fraction of sp³-hybridized carbons (Fsp3) is 0.200. The summed E-state index contributed by atoms with van der Waals surface area (Å²) in [5.41, 5.74) is 5.43. The monoisotopic (exact) mass is 554 g/mol. The molecule has 10 heteroatoms. The van der Waals surface area contributed by atoms with Crippen LogP contribution in [0.25, 0.3) is 27.2 Å². The summed E-state index contributed by atoms with van der Waals surface area (Å²) in [7, 11) is 2.11. The van der Waals surface area contributed by atoms with E-state index in [2.05, 4.69) is 49.3 Å². The number of hydrogen-bond acceptors (Lipinski definition) is 7. The van der Waals surface area contributed by atoms with Crippen LogP contribution in [0.5, 0.6) is 5.75 Å². The molecule has 202 valence electrons. The smallest absolute Gasteiger partial charge is 0.281 e. The van der Waals surface area contributed by atoms with E-state index >= 15 is 0 Å². The van der Waals surface area contributed by atoms with Gasteiger partial charge in [-0.25, -0.2) is 14.4 Å². The second-order valence-corrected chi connectivity index (χ2v) is 10.9. The number of para-hydroxylation sites is 2. The summed E-state index contributed by atoms with van der Waals surface area (Å²) < 4.78 is 14.2. The SMILES string of the molecule is Cc1nc(C(=O)NC(c2nc3ccccc3[nH]2)c2cc(F)ccc2O)sc1-c1ccc(C2=CCN(C)CC2)cn1. The molecule has 40 heavy (non-hydrogen) atoms. The number of phenols is 1. The Hall–Kier alpha value is -4.41. The number of rotatable bonds is 6. The van der Waals surface area contributed by atoms with E-state index in [9.17, 15) is 14.3 Å². The number of aryl methyl sites for hydroxylation is 1. The van der Waals surface area contributed by atoms with Gasteiger partial charge < -0.3 is 20.3 Å². The number of hydrogen-bond donors (Lipinski definition) is 3. The van der Waals surface area contributed by atoms with Gasteiger partial charge in [-0.05, 0) is 67.9 Å². The number of carbonyl (C=O) groups is 1. The van der Waals surface area contributed by atoms with Gasteiger partial charge in [0.25, 0.3) is 5.91 Å². The number of halogens is 1. The van der Waals surface area contributed by atoms with Crippen molar-refractivity contribution in [2.75, 3.05) is 20.1 Å². The number of amides is 1. The van der Waals surface area contributed by atoms with Crippen molar-refractivity contribution in [2.45, 2.75) is 19.4 Å². The summed E-state index contributed by atoms with van der Waals surface area (Å²) in [5, 5.41) is 13.7. The number of carbonyl (C=O) groups excluding carboxylic acids is 1. The summed E-state index contributed by atoms with van der Waals surface area (Å²) in [5.74, 6) is -0.806. The molecule has 0 saturated heterocycles. The van der Waals surface area contributed by atoms with Crippen LogP contribution in [0.4, 0.5) is 4.39 Å². The van der Waals surface area contributed by atoms with E-state index in [0.29, 0.717) is 17.0 Å². The van der Waals surface area contributed by atoms with Crippen LogP contribution in [0.3, 0.4) is 0 Å². The van der Waals surface area contributed by atoms with Crippen LogP contribution in [0.2, 0.25) is 0 Å². The molecule has 0 radical (unpaired) electrons. The van der Waals surface area contributed by atoms with Crippen molar-refractivity contribution in [1.82, 2.24) is 30.2 Å². The molecule has 1 aliphatic rings. The van der Waals surface area contributed by atoms with Crippen LogP contribution < -0.4 is 5.32 Å². The molecule has 0 fully saturated rings. The lowest BCUT2D eigenvalue weighted by Crippen LogP contribution is -2.30. The number of imidazole rings is 1. The first kappa shape index (κ1) is 25.8. The minimum Gasteiger partial charge on any atom is -0.508 e. The zero-order valence-electron chi connectivity index (χ0n) is 22.0. The predicted octanol–water partition coefficient (Wildman–Crippen LogP) is 5.47. The van der Waals surface area contributed by atoms with Gasteiger partial charge in [0.05, 0.1) is 27.3 Å². The number of fused-ring (bicyclic) bond motifs is 1. The average Bonchev–Trinajstić information content (AvgIpc) is 3.57. The highest BCUT2D eigenvalue weighted by Crippen LogP contribution is 2.33. The largest absolute Gasteiger partial charge is 0.508 e. The maximum atomic E-state index is 14.2. The predicted molar refractivity (Wildman–Crippen MR) is 154 cm³/mol. The number of aromatic amines is 1. The first-order valence-corrected chi connectivity index (χ1v) is 13.7. The van der Waals surface area contributed by atoms with E-state index in [4.69, 9.17) is 0 Å². The molecule has 0 spiro atoms. The lowest BCUT2D eigenvalue weighted by atomic mass is 10.0. The van der Waals surface area contributed by atoms with Crippen molar-refractivity contribution in [2.24, 2.45) is 0 Å². The van der Waals surface area contributed by atoms with Crippen molar-refractivity contribution >= 4 is 33.9 Å². The zero-order chi connectivity index (χ0) is 27.8. The van der Waals surface area contributed by atoms with Crippen LogP contribution in [0.1, 0.15) is 44.9 Å². The van der Waals surface area contributed by atoms with E-state index in [-0.39, 0.29) is 16.3 Å². The van der Waals surface area contributed by atoms with Gasteiger partial charge in [-0.15, -0.1) is 11.3 Å². The van der Waals surface area contributed by atoms with E-state index in [1.807, 2.05) is 43.5 Å². The van der Waals surface area contributed by atoms with E-state index in [0.717, 1.165) is 47.2 Å². The molecule has 4 heterocycles. The van der Waals surface area contributed by atoms with Crippen molar-refractivity contribution in [3.8, 4) is 16.3 Å². The van der Waals surface area contributed by atoms with Crippen molar-refractivity contribution in [3.63, 3.8) is 0 Å². The van der Waals surface area contributed by atoms with E-state index < -0.39 is 17.8 Å². The molecule has 1 unspecified atom stereocenters. The Balaban J connectivity index is 1.29. The second kappa shape index (κ2) is 10.6. The molecule has 1 aliphatic heterocycles. The number of thiazole rings is 1. The van der Waals surface area contributed by atoms with Gasteiger partial charge in [-0.3, -0.25) is 9.78 Å². The van der Waals surface area contributed by atoms with Gasteiger partial charge in [0.1, 0.15) is 23.4 Å². The van der Waals surface area contributed by atoms with Crippen LogP contribution in [0, 0.1) is 12.7 Å². The molecule has 2 aromatic carbocycles. The van der Waals surface area contributed by atoms with Gasteiger partial charge in [-0.2, -0.15) is 0 Å². The molecule has 5 aromatic rings. The Morgan fingerprint density at radius 1 is 1.18 bits per heavy atom. The molecular formula is C30H27FN6O2S. The van der Waals surface area contributed by atoms with Crippen LogP contribution in [-0.4, -0.2) is 56.0 Å². The standard InChI is InChI=1S/C30H27FN6O2S/c1-17-27(24-9-7-19(16-32-24)18-11-13-37(2)14-12-18)40-30(33-17)29(39)36-26(21-15-20(31)8-10-25(21)38)28-34-22-5-3-4-6-23(22)35-28/h3-11,15-16,26,38H,12-14H2,1-2H3,(H,34,35)(H,36,39). The van der Waals surface area contributed by atoms with Crippen LogP contribution >= 0.6 is 11.3 Å². The third-order valence-electron chi connectivity index (χ3n) is 7.03. The topological polar surface area (TPSA) is 107 Å². The number of aromatic nitrogens is 4. The molecule has 0 bridgehead atoms. The van der Waals surface area contributed by atoms with Crippen molar-refractivity contribution in [3.05, 3.63) is 100 Å². The maximum absolute atomic E-state index is 14.2. The quantitative estimate of drug-likeness (QED) is 0.257. The normalized spacial score (nSPS) is 14.7. The highest BCUT2D eigenvalue weighted by atomic mass is 32.1. The number of H-pyrrole nitrogens is 1. The molecule has 3 aromatic heterocycles. The first-order chi connectivity index (χ1) is 19.4. The Morgan fingerprint density at radius 2 is 2.02 bits per heavy atom. The minimum atomic E-state index is -0.941. The molecule has 0 aliphatic carbocycles. The third-order valence-corrected chi connectivity index (χ3v) is 8.21. The second-order valence-electron chi connectivity index (χ2n) is 9.86. The highest BCUT2D eigenvalue weighted by molar-refractivity contribution is 7.17. The Bertz CT molecular complexity index is 1710. The summed E-state index contributed by atoms with van der Waals surface area (Å²) in [6.45, 7) is 3.78. The van der Waals surface area contributed by atoms with Gasteiger partial charge in [0.2, 0.25) is 0 Å². The number of nitrogens with zero attached hydrogens (tertiary/aromatic N) is 4. The first-order valence-electron chi connectivity index (χ1n) is 12.9. The van der Waals surface area contributed by atoms with Crippen LogP contribution in [0.15, 0.2) is 66.9 Å². The fourth-order valence-corrected chi connectivity index (χ4v) is 5.78. The molecule has 1 amide bonds. The summed E-state index contributed by atoms with van der Waals surface area (Å²) in [4.78, 5) is 33.5. The molecule has 1 atom stereocenters. The van der Waals surface area contributed by atoms with Gasteiger partial charge in [-0.1, -0.05) is 24.3 Å². The minimum absolute atomic E-state index is 0.160. The van der Waals surface area contributed by atoms with Gasteiger partial charge in [0, 0.05) is 24.8 Å². The maximum Gasteiger partial charge on any atom is 0.281 e. The fourth-order valence-electron chi connectivity index (χ4n) is 4.83. The number of likely N-dealkylation sites (N-methyl/N-ethyl adjacent to an activating group) is 1. The molecule has 6 rings (SSSR count). The number of phenolic OH excluding ortho intramolecular Hbond substituents is 1. The molecule has 3 N–H and O–H groups in total. The van der Waals surface area contributed by atoms with E-state index in [1.165, 1.54) is 29.0 Å². The lowest BCUT2D eigenvalue weighted by Gasteiger charge is -2.21. The Kier molecular flexibility index (Phi) is 6.87. The lowest BCUT2D eigenvalue weighted by molar-refractivity contribution is 0.0941.